The van der Waals surface area contributed by atoms with Crippen LogP contribution in [0.15, 0.2) is 18.2 Å². The van der Waals surface area contributed by atoms with Crippen molar-refractivity contribution in [2.24, 2.45) is 0 Å². The van der Waals surface area contributed by atoms with Crippen LogP contribution in [-0.2, 0) is 16.0 Å². The van der Waals surface area contributed by atoms with E-state index in [0.29, 0.717) is 12.0 Å². The number of hydrogen-bond donors (Lipinski definition) is 1. The van der Waals surface area contributed by atoms with E-state index >= 15 is 0 Å². The lowest BCUT2D eigenvalue weighted by Gasteiger charge is -2.19. The number of carbonyl (C=O) groups is 1. The van der Waals surface area contributed by atoms with Gasteiger partial charge in [0.05, 0.1) is 0 Å². The Morgan fingerprint density at radius 2 is 2.06 bits per heavy atom. The van der Waals surface area contributed by atoms with E-state index in [1.54, 1.807) is 26.8 Å². The third-order valence-corrected chi connectivity index (χ3v) is 2.05. The monoisotopic (exact) mass is 240 g/mol. The first kappa shape index (κ1) is 13.5. The minimum Gasteiger partial charge on any atom is -0.505 e. The Morgan fingerprint density at radius 3 is 2.59 bits per heavy atom. The molecular weight excluding hydrogens is 223 g/mol. The van der Waals surface area contributed by atoms with Gasteiger partial charge < -0.3 is 9.84 Å². The Bertz CT molecular complexity index is 408. The number of aromatic hydroxyl groups is 1. The summed E-state index contributed by atoms with van der Waals surface area (Å²) in [4.78, 5) is 11.4. The zero-order valence-corrected chi connectivity index (χ0v) is 10.3. The van der Waals surface area contributed by atoms with Crippen molar-refractivity contribution in [1.29, 1.82) is 0 Å². The summed E-state index contributed by atoms with van der Waals surface area (Å²) in [5.74, 6) is -1.37. The third-order valence-electron chi connectivity index (χ3n) is 2.05. The number of aryl methyl sites for hydroxylation is 1. The van der Waals surface area contributed by atoms with Gasteiger partial charge in [0.1, 0.15) is 5.60 Å². The minimum atomic E-state index is -0.674. The predicted octanol–water partition coefficient (Wildman–Crippen LogP) is 2.81. The molecule has 0 spiro atoms. The maximum absolute atomic E-state index is 13.0. The standard InChI is InChI=1S/C13H17FO3/c1-13(2,3)17-12(16)7-5-9-4-6-11(15)10(14)8-9/h4,6,8,15H,5,7H2,1-3H3. The Labute approximate surface area is 100 Å². The maximum Gasteiger partial charge on any atom is 0.306 e. The van der Waals surface area contributed by atoms with Gasteiger partial charge in [-0.25, -0.2) is 4.39 Å². The predicted molar refractivity (Wildman–Crippen MR) is 62.2 cm³/mol. The van der Waals surface area contributed by atoms with Crippen LogP contribution >= 0.6 is 0 Å². The number of hydrogen-bond acceptors (Lipinski definition) is 3. The average Bonchev–Trinajstić information content (AvgIpc) is 2.17. The molecule has 0 saturated carbocycles. The van der Waals surface area contributed by atoms with Crippen LogP contribution in [0, 0.1) is 5.82 Å². The van der Waals surface area contributed by atoms with E-state index in [4.69, 9.17) is 9.84 Å². The Hall–Kier alpha value is -1.58. The van der Waals surface area contributed by atoms with E-state index in [0.717, 1.165) is 0 Å². The lowest BCUT2D eigenvalue weighted by Crippen LogP contribution is -2.24. The Kier molecular flexibility index (Phi) is 4.10. The van der Waals surface area contributed by atoms with Crippen LogP contribution in [0.1, 0.15) is 32.8 Å². The number of phenols is 1. The highest BCUT2D eigenvalue weighted by atomic mass is 19.1. The minimum absolute atomic E-state index is 0.196. The molecule has 0 fully saturated rings. The average molecular weight is 240 g/mol. The van der Waals surface area contributed by atoms with Crippen molar-refractivity contribution in [3.05, 3.63) is 29.6 Å². The zero-order valence-electron chi connectivity index (χ0n) is 10.3. The molecule has 4 heteroatoms. The Balaban J connectivity index is 2.50. The van der Waals surface area contributed by atoms with Crippen LogP contribution in [0.5, 0.6) is 5.75 Å². The summed E-state index contributed by atoms with van der Waals surface area (Å²) >= 11 is 0. The molecule has 3 nitrogen and oxygen atoms in total. The lowest BCUT2D eigenvalue weighted by molar-refractivity contribution is -0.154. The highest BCUT2D eigenvalue weighted by Gasteiger charge is 2.16. The molecule has 0 bridgehead atoms. The molecule has 1 rings (SSSR count). The summed E-state index contributed by atoms with van der Waals surface area (Å²) in [6, 6.07) is 4.09. The normalized spacial score (nSPS) is 11.3. The molecule has 0 aliphatic heterocycles. The van der Waals surface area contributed by atoms with Crippen LogP contribution in [-0.4, -0.2) is 16.7 Å². The molecule has 0 aliphatic carbocycles. The zero-order chi connectivity index (χ0) is 13.1. The summed E-state index contributed by atoms with van der Waals surface area (Å²) in [7, 11) is 0. The summed E-state index contributed by atoms with van der Waals surface area (Å²) in [5.41, 5.74) is 0.156. The highest BCUT2D eigenvalue weighted by Crippen LogP contribution is 2.17. The van der Waals surface area contributed by atoms with Crippen LogP contribution in [0.2, 0.25) is 0 Å². The second kappa shape index (κ2) is 5.17. The molecule has 1 aromatic carbocycles. The van der Waals surface area contributed by atoms with E-state index in [9.17, 15) is 9.18 Å². The van der Waals surface area contributed by atoms with Gasteiger partial charge in [-0.2, -0.15) is 0 Å². The van der Waals surface area contributed by atoms with E-state index in [1.807, 2.05) is 0 Å². The second-order valence-electron chi connectivity index (χ2n) is 4.87. The maximum atomic E-state index is 13.0. The number of rotatable bonds is 3. The summed E-state index contributed by atoms with van der Waals surface area (Å²) in [6.45, 7) is 5.39. The number of halogens is 1. The van der Waals surface area contributed by atoms with Crippen molar-refractivity contribution >= 4 is 5.97 Å². The highest BCUT2D eigenvalue weighted by molar-refractivity contribution is 5.70. The first-order chi connectivity index (χ1) is 7.78. The molecule has 0 amide bonds. The smallest absolute Gasteiger partial charge is 0.306 e. The quantitative estimate of drug-likeness (QED) is 0.826. The number of esters is 1. The van der Waals surface area contributed by atoms with Crippen LogP contribution in [0.4, 0.5) is 4.39 Å². The molecule has 0 heterocycles. The summed E-state index contributed by atoms with van der Waals surface area (Å²) in [5, 5.41) is 9.01. The fourth-order valence-electron chi connectivity index (χ4n) is 1.34. The van der Waals surface area contributed by atoms with Crippen molar-refractivity contribution < 1.29 is 19.0 Å². The fourth-order valence-corrected chi connectivity index (χ4v) is 1.34. The van der Waals surface area contributed by atoms with Gasteiger partial charge in [0.15, 0.2) is 11.6 Å². The SMILES string of the molecule is CC(C)(C)OC(=O)CCc1ccc(O)c(F)c1. The Morgan fingerprint density at radius 1 is 1.41 bits per heavy atom. The molecule has 0 unspecified atom stereocenters. The molecule has 0 atom stereocenters. The largest absolute Gasteiger partial charge is 0.505 e. The number of phenolic OH excluding ortho intramolecular Hbond substituents is 1. The van der Waals surface area contributed by atoms with Gasteiger partial charge in [-0.15, -0.1) is 0 Å². The molecule has 94 valence electrons. The van der Waals surface area contributed by atoms with Gasteiger partial charge in [-0.1, -0.05) is 6.07 Å². The van der Waals surface area contributed by atoms with E-state index < -0.39 is 11.4 Å². The molecule has 1 N–H and O–H groups in total. The first-order valence-corrected chi connectivity index (χ1v) is 5.47. The summed E-state index contributed by atoms with van der Waals surface area (Å²) in [6.07, 6.45) is 0.591. The van der Waals surface area contributed by atoms with Crippen molar-refractivity contribution in [3.63, 3.8) is 0 Å². The van der Waals surface area contributed by atoms with Gasteiger partial charge in [0.25, 0.3) is 0 Å². The van der Waals surface area contributed by atoms with Gasteiger partial charge >= 0.3 is 5.97 Å². The molecule has 0 aromatic heterocycles. The van der Waals surface area contributed by atoms with Gasteiger partial charge in [0, 0.05) is 6.42 Å². The summed E-state index contributed by atoms with van der Waals surface area (Å²) < 4.78 is 18.1. The molecule has 0 radical (unpaired) electrons. The first-order valence-electron chi connectivity index (χ1n) is 5.47. The van der Waals surface area contributed by atoms with Gasteiger partial charge in [-0.05, 0) is 44.9 Å². The lowest BCUT2D eigenvalue weighted by atomic mass is 10.1. The van der Waals surface area contributed by atoms with Gasteiger partial charge in [-0.3, -0.25) is 4.79 Å². The number of ether oxygens (including phenoxy) is 1. The second-order valence-corrected chi connectivity index (χ2v) is 4.87. The number of carbonyl (C=O) groups excluding carboxylic acids is 1. The molecule has 0 saturated heterocycles. The van der Waals surface area contributed by atoms with Crippen LogP contribution < -0.4 is 0 Å². The van der Waals surface area contributed by atoms with Crippen molar-refractivity contribution in [1.82, 2.24) is 0 Å². The topological polar surface area (TPSA) is 46.5 Å². The van der Waals surface area contributed by atoms with Crippen LogP contribution in [0.3, 0.4) is 0 Å². The third kappa shape index (κ3) is 4.85. The molecule has 1 aromatic rings. The van der Waals surface area contributed by atoms with E-state index in [1.165, 1.54) is 12.1 Å². The van der Waals surface area contributed by atoms with Gasteiger partial charge in [0.2, 0.25) is 0 Å². The van der Waals surface area contributed by atoms with Crippen molar-refractivity contribution in [2.75, 3.05) is 0 Å². The number of benzene rings is 1. The molecule has 17 heavy (non-hydrogen) atoms. The fraction of sp³-hybridized carbons (Fsp3) is 0.462. The van der Waals surface area contributed by atoms with Crippen LogP contribution in [0.25, 0.3) is 0 Å². The van der Waals surface area contributed by atoms with Crippen molar-refractivity contribution in [3.8, 4) is 5.75 Å². The van der Waals surface area contributed by atoms with E-state index in [-0.39, 0.29) is 18.1 Å². The molecule has 0 aliphatic rings. The van der Waals surface area contributed by atoms with E-state index in [2.05, 4.69) is 0 Å². The van der Waals surface area contributed by atoms with Crippen molar-refractivity contribution in [2.45, 2.75) is 39.2 Å². The molecular formula is C13H17FO3.